The van der Waals surface area contributed by atoms with E-state index in [1.807, 2.05) is 6.20 Å². The Hall–Kier alpha value is -0.990. The number of anilines is 1. The van der Waals surface area contributed by atoms with Gasteiger partial charge in [0.25, 0.3) is 0 Å². The number of aryl methyl sites for hydroxylation is 1. The van der Waals surface area contributed by atoms with Crippen molar-refractivity contribution >= 4 is 5.95 Å². The summed E-state index contributed by atoms with van der Waals surface area (Å²) in [6, 6.07) is 0. The number of hydrogen-bond donors (Lipinski definition) is 1. The Balaban J connectivity index is 1.79. The molecule has 1 N–H and O–H groups in total. The Bertz CT molecular complexity index is 337. The van der Waals surface area contributed by atoms with Crippen LogP contribution in [0.2, 0.25) is 0 Å². The van der Waals surface area contributed by atoms with E-state index in [1.54, 1.807) is 0 Å². The van der Waals surface area contributed by atoms with Gasteiger partial charge in [-0.05, 0) is 18.3 Å². The van der Waals surface area contributed by atoms with Gasteiger partial charge < -0.3 is 9.88 Å². The van der Waals surface area contributed by atoms with Gasteiger partial charge in [-0.3, -0.25) is 0 Å². The smallest absolute Gasteiger partial charge is 0.202 e. The highest BCUT2D eigenvalue weighted by Gasteiger charge is 2.13. The quantitative estimate of drug-likeness (QED) is 0.828. The number of rotatable bonds is 6. The van der Waals surface area contributed by atoms with E-state index >= 15 is 0 Å². The van der Waals surface area contributed by atoms with Crippen LogP contribution in [0.15, 0.2) is 12.4 Å². The molecular formula is C15H27N3. The van der Waals surface area contributed by atoms with Crippen LogP contribution in [-0.2, 0) is 6.54 Å². The molecule has 0 atom stereocenters. The molecule has 2 rings (SSSR count). The summed E-state index contributed by atoms with van der Waals surface area (Å²) < 4.78 is 2.27. The van der Waals surface area contributed by atoms with Crippen LogP contribution in [0, 0.1) is 11.8 Å². The third-order valence-corrected chi connectivity index (χ3v) is 3.89. The predicted octanol–water partition coefficient (Wildman–Crippen LogP) is 3.92. The topological polar surface area (TPSA) is 29.9 Å². The molecule has 1 aromatic rings. The third kappa shape index (κ3) is 4.04. The molecule has 1 saturated carbocycles. The SMILES string of the molecule is CC(C)CNc1nccn1CCC1CCCCC1. The standard InChI is InChI=1S/C15H27N3/c1-13(2)12-17-15-16-9-11-18(15)10-8-14-6-4-3-5-7-14/h9,11,13-14H,3-8,10,12H2,1-2H3,(H,16,17). The monoisotopic (exact) mass is 249 g/mol. The Morgan fingerprint density at radius 1 is 1.33 bits per heavy atom. The first-order valence-electron chi connectivity index (χ1n) is 7.50. The molecule has 0 amide bonds. The lowest BCUT2D eigenvalue weighted by atomic mass is 9.87. The van der Waals surface area contributed by atoms with E-state index in [9.17, 15) is 0 Å². The first-order valence-corrected chi connectivity index (χ1v) is 7.50. The molecule has 1 aliphatic carbocycles. The lowest BCUT2D eigenvalue weighted by Gasteiger charge is -2.22. The summed E-state index contributed by atoms with van der Waals surface area (Å²) in [7, 11) is 0. The van der Waals surface area contributed by atoms with Crippen LogP contribution in [-0.4, -0.2) is 16.1 Å². The van der Waals surface area contributed by atoms with Crippen molar-refractivity contribution in [1.82, 2.24) is 9.55 Å². The summed E-state index contributed by atoms with van der Waals surface area (Å²) in [5, 5.41) is 3.43. The summed E-state index contributed by atoms with van der Waals surface area (Å²) in [6.45, 7) is 6.57. The van der Waals surface area contributed by atoms with Crippen molar-refractivity contribution in [2.24, 2.45) is 11.8 Å². The minimum Gasteiger partial charge on any atom is -0.355 e. The van der Waals surface area contributed by atoms with Gasteiger partial charge in [0.1, 0.15) is 0 Å². The summed E-state index contributed by atoms with van der Waals surface area (Å²) >= 11 is 0. The van der Waals surface area contributed by atoms with Gasteiger partial charge in [-0.1, -0.05) is 46.0 Å². The van der Waals surface area contributed by atoms with Crippen LogP contribution >= 0.6 is 0 Å². The van der Waals surface area contributed by atoms with Crippen LogP contribution in [0.5, 0.6) is 0 Å². The van der Waals surface area contributed by atoms with Crippen molar-refractivity contribution in [1.29, 1.82) is 0 Å². The zero-order valence-corrected chi connectivity index (χ0v) is 11.9. The molecule has 102 valence electrons. The van der Waals surface area contributed by atoms with Gasteiger partial charge in [-0.15, -0.1) is 0 Å². The van der Waals surface area contributed by atoms with Crippen LogP contribution in [0.1, 0.15) is 52.4 Å². The number of aromatic nitrogens is 2. The van der Waals surface area contributed by atoms with Gasteiger partial charge in [0.15, 0.2) is 0 Å². The molecule has 18 heavy (non-hydrogen) atoms. The zero-order valence-electron chi connectivity index (χ0n) is 11.9. The van der Waals surface area contributed by atoms with Gasteiger partial charge >= 0.3 is 0 Å². The lowest BCUT2D eigenvalue weighted by Crippen LogP contribution is -2.14. The molecule has 0 spiro atoms. The molecule has 3 nitrogen and oxygen atoms in total. The maximum Gasteiger partial charge on any atom is 0.202 e. The van der Waals surface area contributed by atoms with Crippen LogP contribution in [0.25, 0.3) is 0 Å². The van der Waals surface area contributed by atoms with Crippen molar-refractivity contribution in [3.05, 3.63) is 12.4 Å². The van der Waals surface area contributed by atoms with Crippen molar-refractivity contribution < 1.29 is 0 Å². The molecule has 1 fully saturated rings. The van der Waals surface area contributed by atoms with E-state index in [1.165, 1.54) is 38.5 Å². The lowest BCUT2D eigenvalue weighted by molar-refractivity contribution is 0.324. The second-order valence-electron chi connectivity index (χ2n) is 6.01. The predicted molar refractivity (Wildman–Crippen MR) is 76.7 cm³/mol. The van der Waals surface area contributed by atoms with E-state index in [-0.39, 0.29) is 0 Å². The van der Waals surface area contributed by atoms with Gasteiger partial charge in [-0.2, -0.15) is 0 Å². The van der Waals surface area contributed by atoms with Crippen LogP contribution < -0.4 is 5.32 Å². The molecule has 3 heteroatoms. The molecule has 0 unspecified atom stereocenters. The molecule has 0 aromatic carbocycles. The van der Waals surface area contributed by atoms with Crippen LogP contribution in [0.3, 0.4) is 0 Å². The largest absolute Gasteiger partial charge is 0.355 e. The highest BCUT2D eigenvalue weighted by atomic mass is 15.2. The van der Waals surface area contributed by atoms with Gasteiger partial charge in [-0.25, -0.2) is 4.98 Å². The van der Waals surface area contributed by atoms with Gasteiger partial charge in [0.05, 0.1) is 0 Å². The van der Waals surface area contributed by atoms with E-state index < -0.39 is 0 Å². The minimum absolute atomic E-state index is 0.661. The van der Waals surface area contributed by atoms with Crippen molar-refractivity contribution in [3.8, 4) is 0 Å². The molecule has 0 saturated heterocycles. The van der Waals surface area contributed by atoms with Crippen molar-refractivity contribution in [2.45, 2.75) is 58.9 Å². The first kappa shape index (κ1) is 13.4. The highest BCUT2D eigenvalue weighted by Crippen LogP contribution is 2.27. The molecule has 1 aromatic heterocycles. The van der Waals surface area contributed by atoms with E-state index in [0.717, 1.165) is 25.0 Å². The summed E-state index contributed by atoms with van der Waals surface area (Å²) in [5.74, 6) is 2.65. The summed E-state index contributed by atoms with van der Waals surface area (Å²) in [4.78, 5) is 4.40. The number of hydrogen-bond acceptors (Lipinski definition) is 2. The third-order valence-electron chi connectivity index (χ3n) is 3.89. The number of nitrogens with one attached hydrogen (secondary N) is 1. The van der Waals surface area contributed by atoms with E-state index in [0.29, 0.717) is 5.92 Å². The number of nitrogens with zero attached hydrogens (tertiary/aromatic N) is 2. The Kier molecular flexibility index (Phi) is 5.09. The fourth-order valence-electron chi connectivity index (χ4n) is 2.75. The number of imidazole rings is 1. The molecule has 0 bridgehead atoms. The second-order valence-corrected chi connectivity index (χ2v) is 6.01. The Labute approximate surface area is 111 Å². The summed E-state index contributed by atoms with van der Waals surface area (Å²) in [6.07, 6.45) is 12.5. The van der Waals surface area contributed by atoms with Crippen molar-refractivity contribution in [2.75, 3.05) is 11.9 Å². The second kappa shape index (κ2) is 6.81. The molecule has 0 aliphatic heterocycles. The Morgan fingerprint density at radius 3 is 2.83 bits per heavy atom. The van der Waals surface area contributed by atoms with Gasteiger partial charge in [0.2, 0.25) is 5.95 Å². The average molecular weight is 249 g/mol. The normalized spacial score (nSPS) is 17.3. The average Bonchev–Trinajstić information content (AvgIpc) is 2.82. The maximum absolute atomic E-state index is 4.40. The fraction of sp³-hybridized carbons (Fsp3) is 0.800. The molecule has 1 heterocycles. The maximum atomic E-state index is 4.40. The minimum atomic E-state index is 0.661. The first-order chi connectivity index (χ1) is 8.75. The van der Waals surface area contributed by atoms with Gasteiger partial charge in [0, 0.05) is 25.5 Å². The zero-order chi connectivity index (χ0) is 12.8. The van der Waals surface area contributed by atoms with Crippen LogP contribution in [0.4, 0.5) is 5.95 Å². The van der Waals surface area contributed by atoms with Crippen molar-refractivity contribution in [3.63, 3.8) is 0 Å². The fourth-order valence-corrected chi connectivity index (χ4v) is 2.75. The molecule has 0 radical (unpaired) electrons. The Morgan fingerprint density at radius 2 is 2.11 bits per heavy atom. The molecular weight excluding hydrogens is 222 g/mol. The van der Waals surface area contributed by atoms with E-state index in [2.05, 4.69) is 34.9 Å². The summed E-state index contributed by atoms with van der Waals surface area (Å²) in [5.41, 5.74) is 0. The molecule has 1 aliphatic rings. The highest BCUT2D eigenvalue weighted by molar-refractivity contribution is 5.25. The van der Waals surface area contributed by atoms with E-state index in [4.69, 9.17) is 0 Å².